The van der Waals surface area contributed by atoms with Crippen molar-refractivity contribution in [2.24, 2.45) is 5.92 Å². The zero-order valence-electron chi connectivity index (χ0n) is 10.2. The zero-order chi connectivity index (χ0) is 13.7. The van der Waals surface area contributed by atoms with Crippen LogP contribution in [0.2, 0.25) is 0 Å². The van der Waals surface area contributed by atoms with Gasteiger partial charge < -0.3 is 9.84 Å². The van der Waals surface area contributed by atoms with Gasteiger partial charge in [0, 0.05) is 12.1 Å². The molecule has 1 atom stereocenters. The third kappa shape index (κ3) is 3.81. The van der Waals surface area contributed by atoms with Crippen molar-refractivity contribution in [3.63, 3.8) is 0 Å². The van der Waals surface area contributed by atoms with E-state index in [0.29, 0.717) is 5.56 Å². The van der Waals surface area contributed by atoms with Gasteiger partial charge in [-0.2, -0.15) is 0 Å². The number of esters is 1. The molecule has 1 N–H and O–H groups in total. The van der Waals surface area contributed by atoms with Crippen molar-refractivity contribution in [1.29, 1.82) is 0 Å². The molecule has 1 aromatic carbocycles. The SMILES string of the molecule is CC(C)[C@@H](O)C(=O)OCc1ccc([N+](=O)[O-])cc1. The Morgan fingerprint density at radius 3 is 2.39 bits per heavy atom. The van der Waals surface area contributed by atoms with Crippen LogP contribution >= 0.6 is 0 Å². The molecule has 0 aliphatic rings. The van der Waals surface area contributed by atoms with Gasteiger partial charge in [-0.15, -0.1) is 0 Å². The number of aliphatic hydroxyl groups is 1. The fourth-order valence-electron chi connectivity index (χ4n) is 1.23. The second-order valence-corrected chi connectivity index (χ2v) is 4.22. The molecule has 0 radical (unpaired) electrons. The first-order valence-corrected chi connectivity index (χ1v) is 5.50. The van der Waals surface area contributed by atoms with Crippen LogP contribution in [-0.4, -0.2) is 22.1 Å². The first-order valence-electron chi connectivity index (χ1n) is 5.50. The van der Waals surface area contributed by atoms with E-state index in [9.17, 15) is 20.0 Å². The maximum atomic E-state index is 11.4. The fourth-order valence-corrected chi connectivity index (χ4v) is 1.23. The molecule has 0 fully saturated rings. The number of nitro benzene ring substituents is 1. The summed E-state index contributed by atoms with van der Waals surface area (Å²) in [6.45, 7) is 3.40. The highest BCUT2D eigenvalue weighted by molar-refractivity contribution is 5.74. The zero-order valence-corrected chi connectivity index (χ0v) is 10.2. The molecule has 0 saturated heterocycles. The van der Waals surface area contributed by atoms with Gasteiger partial charge in [0.05, 0.1) is 4.92 Å². The van der Waals surface area contributed by atoms with E-state index in [1.807, 2.05) is 0 Å². The van der Waals surface area contributed by atoms with Crippen molar-refractivity contribution in [2.45, 2.75) is 26.6 Å². The average Bonchev–Trinajstić information content (AvgIpc) is 2.35. The van der Waals surface area contributed by atoms with E-state index >= 15 is 0 Å². The quantitative estimate of drug-likeness (QED) is 0.489. The Hall–Kier alpha value is -1.95. The smallest absolute Gasteiger partial charge is 0.335 e. The molecule has 98 valence electrons. The van der Waals surface area contributed by atoms with E-state index in [4.69, 9.17) is 4.74 Å². The number of rotatable bonds is 5. The fraction of sp³-hybridized carbons (Fsp3) is 0.417. The van der Waals surface area contributed by atoms with Crippen LogP contribution in [0.5, 0.6) is 0 Å². The second-order valence-electron chi connectivity index (χ2n) is 4.22. The summed E-state index contributed by atoms with van der Waals surface area (Å²) in [6.07, 6.45) is -1.15. The van der Waals surface area contributed by atoms with Crippen LogP contribution in [0.4, 0.5) is 5.69 Å². The minimum absolute atomic E-state index is 0.0133. The van der Waals surface area contributed by atoms with Crippen LogP contribution in [0.3, 0.4) is 0 Å². The molecule has 0 bridgehead atoms. The van der Waals surface area contributed by atoms with Gasteiger partial charge in [0.2, 0.25) is 0 Å². The largest absolute Gasteiger partial charge is 0.459 e. The van der Waals surface area contributed by atoms with Crippen LogP contribution in [0.15, 0.2) is 24.3 Å². The van der Waals surface area contributed by atoms with Crippen molar-refractivity contribution < 1.29 is 19.6 Å². The van der Waals surface area contributed by atoms with Crippen LogP contribution in [0.25, 0.3) is 0 Å². The number of carbonyl (C=O) groups is 1. The van der Waals surface area contributed by atoms with Gasteiger partial charge in [0.15, 0.2) is 6.10 Å². The van der Waals surface area contributed by atoms with Gasteiger partial charge in [-0.1, -0.05) is 13.8 Å². The highest BCUT2D eigenvalue weighted by atomic mass is 16.6. The lowest BCUT2D eigenvalue weighted by Gasteiger charge is -2.13. The molecule has 6 heteroatoms. The van der Waals surface area contributed by atoms with Gasteiger partial charge in [-0.25, -0.2) is 4.79 Å². The normalized spacial score (nSPS) is 12.2. The Morgan fingerprint density at radius 1 is 1.39 bits per heavy atom. The summed E-state index contributed by atoms with van der Waals surface area (Å²) in [5.41, 5.74) is 0.609. The first kappa shape index (κ1) is 14.1. The molecular formula is C12H15NO5. The number of aliphatic hydroxyl groups excluding tert-OH is 1. The van der Waals surface area contributed by atoms with Gasteiger partial charge in [0.1, 0.15) is 6.61 Å². The monoisotopic (exact) mass is 253 g/mol. The van der Waals surface area contributed by atoms with Crippen LogP contribution in [-0.2, 0) is 16.1 Å². The number of hydrogen-bond acceptors (Lipinski definition) is 5. The number of non-ortho nitro benzene ring substituents is 1. The first-order chi connectivity index (χ1) is 8.41. The Bertz CT molecular complexity index is 427. The molecule has 0 aromatic heterocycles. The van der Waals surface area contributed by atoms with Crippen molar-refractivity contribution in [3.8, 4) is 0 Å². The molecule has 0 aliphatic heterocycles. The number of benzene rings is 1. The Labute approximate surface area is 104 Å². The van der Waals surface area contributed by atoms with Crippen LogP contribution in [0, 0.1) is 16.0 Å². The molecule has 0 heterocycles. The van der Waals surface area contributed by atoms with E-state index in [1.54, 1.807) is 13.8 Å². The third-order valence-corrected chi connectivity index (χ3v) is 2.40. The Morgan fingerprint density at radius 2 is 1.94 bits per heavy atom. The highest BCUT2D eigenvalue weighted by Gasteiger charge is 2.20. The van der Waals surface area contributed by atoms with E-state index in [0.717, 1.165) is 0 Å². The maximum absolute atomic E-state index is 11.4. The van der Waals surface area contributed by atoms with Gasteiger partial charge in [-0.3, -0.25) is 10.1 Å². The lowest BCUT2D eigenvalue weighted by atomic mass is 10.1. The minimum atomic E-state index is -1.15. The van der Waals surface area contributed by atoms with Crippen molar-refractivity contribution in [3.05, 3.63) is 39.9 Å². The predicted octanol–water partition coefficient (Wildman–Crippen LogP) is 1.65. The lowest BCUT2D eigenvalue weighted by molar-refractivity contribution is -0.384. The molecule has 0 spiro atoms. The van der Waals surface area contributed by atoms with E-state index in [2.05, 4.69) is 0 Å². The van der Waals surface area contributed by atoms with Crippen LogP contribution < -0.4 is 0 Å². The molecule has 1 aromatic rings. The van der Waals surface area contributed by atoms with Crippen molar-refractivity contribution >= 4 is 11.7 Å². The highest BCUT2D eigenvalue weighted by Crippen LogP contribution is 2.13. The predicted molar refractivity (Wildman–Crippen MR) is 63.7 cm³/mol. The number of nitrogens with zero attached hydrogens (tertiary/aromatic N) is 1. The maximum Gasteiger partial charge on any atom is 0.335 e. The summed E-state index contributed by atoms with van der Waals surface area (Å²) >= 11 is 0. The minimum Gasteiger partial charge on any atom is -0.459 e. The van der Waals surface area contributed by atoms with Gasteiger partial charge in [-0.05, 0) is 23.6 Å². The van der Waals surface area contributed by atoms with E-state index in [1.165, 1.54) is 24.3 Å². The van der Waals surface area contributed by atoms with Crippen LogP contribution in [0.1, 0.15) is 19.4 Å². The summed E-state index contributed by atoms with van der Waals surface area (Å²) in [6, 6.07) is 5.68. The molecular weight excluding hydrogens is 238 g/mol. The number of nitro groups is 1. The van der Waals surface area contributed by atoms with E-state index < -0.39 is 17.0 Å². The Kier molecular flexibility index (Phi) is 4.79. The summed E-state index contributed by atoms with van der Waals surface area (Å²) < 4.78 is 4.89. The third-order valence-electron chi connectivity index (χ3n) is 2.40. The standard InChI is InChI=1S/C12H15NO5/c1-8(2)11(14)12(15)18-7-9-3-5-10(6-4-9)13(16)17/h3-6,8,11,14H,7H2,1-2H3/t11-/m1/s1. The topological polar surface area (TPSA) is 89.7 Å². The number of ether oxygens (including phenoxy) is 1. The molecule has 18 heavy (non-hydrogen) atoms. The molecule has 0 unspecified atom stereocenters. The van der Waals surface area contributed by atoms with Crippen molar-refractivity contribution in [2.75, 3.05) is 0 Å². The molecule has 0 amide bonds. The summed E-state index contributed by atoms with van der Waals surface area (Å²) in [4.78, 5) is 21.3. The van der Waals surface area contributed by atoms with Gasteiger partial charge in [0.25, 0.3) is 5.69 Å². The number of hydrogen-bond donors (Lipinski definition) is 1. The molecule has 0 aliphatic carbocycles. The van der Waals surface area contributed by atoms with Crippen molar-refractivity contribution in [1.82, 2.24) is 0 Å². The second kappa shape index (κ2) is 6.11. The summed E-state index contributed by atoms with van der Waals surface area (Å²) in [5.74, 6) is -0.905. The Balaban J connectivity index is 2.54. The van der Waals surface area contributed by atoms with E-state index in [-0.39, 0.29) is 18.2 Å². The molecule has 6 nitrogen and oxygen atoms in total. The van der Waals surface area contributed by atoms with Gasteiger partial charge >= 0.3 is 5.97 Å². The average molecular weight is 253 g/mol. The molecule has 1 rings (SSSR count). The lowest BCUT2D eigenvalue weighted by Crippen LogP contribution is -2.27. The number of carbonyl (C=O) groups excluding carboxylic acids is 1. The molecule has 0 saturated carbocycles. The summed E-state index contributed by atoms with van der Waals surface area (Å²) in [7, 11) is 0. The summed E-state index contributed by atoms with van der Waals surface area (Å²) in [5, 5.41) is 19.9.